The minimum atomic E-state index is -4.59. The first kappa shape index (κ1) is 22.2. The molecule has 5 heterocycles. The zero-order valence-electron chi connectivity index (χ0n) is 18.5. The van der Waals surface area contributed by atoms with Gasteiger partial charge < -0.3 is 16.0 Å². The smallest absolute Gasteiger partial charge is 0.383 e. The highest BCUT2D eigenvalue weighted by Gasteiger charge is 2.47. The Morgan fingerprint density at radius 3 is 2.68 bits per heavy atom. The van der Waals surface area contributed by atoms with Crippen molar-refractivity contribution in [1.82, 2.24) is 30.0 Å². The molecule has 2 aliphatic rings. The van der Waals surface area contributed by atoms with E-state index in [1.165, 1.54) is 6.20 Å². The normalized spacial score (nSPS) is 20.5. The average Bonchev–Trinajstić information content (AvgIpc) is 3.51. The third-order valence-electron chi connectivity index (χ3n) is 6.83. The number of aromatic nitrogens is 4. The number of anilines is 1. The third kappa shape index (κ3) is 3.84. The summed E-state index contributed by atoms with van der Waals surface area (Å²) in [5.74, 6) is -0.557. The van der Waals surface area contributed by atoms with Gasteiger partial charge >= 0.3 is 12.2 Å². The van der Waals surface area contributed by atoms with E-state index in [-0.39, 0.29) is 23.1 Å². The highest BCUT2D eigenvalue weighted by atomic mass is 19.4. The maximum Gasteiger partial charge on any atom is 0.419 e. The second kappa shape index (κ2) is 8.00. The van der Waals surface area contributed by atoms with Crippen molar-refractivity contribution in [1.29, 1.82) is 0 Å². The number of amides is 2. The lowest BCUT2D eigenvalue weighted by Gasteiger charge is -2.25. The first-order valence-corrected chi connectivity index (χ1v) is 11.0. The van der Waals surface area contributed by atoms with Gasteiger partial charge in [0.1, 0.15) is 5.82 Å². The molecule has 1 spiro atoms. The minimum Gasteiger partial charge on any atom is -0.383 e. The number of rotatable bonds is 3. The number of alkyl halides is 3. The molecule has 178 valence electrons. The number of carbonyl (C=O) groups is 1. The lowest BCUT2D eigenvalue weighted by atomic mass is 9.82. The lowest BCUT2D eigenvalue weighted by Crippen LogP contribution is -2.41. The summed E-state index contributed by atoms with van der Waals surface area (Å²) < 4.78 is 41.6. The Morgan fingerprint density at radius 2 is 1.94 bits per heavy atom. The van der Waals surface area contributed by atoms with Gasteiger partial charge in [0.2, 0.25) is 0 Å². The topological polar surface area (TPSA) is 102 Å². The number of pyridine rings is 2. The number of nitrogen functional groups attached to an aromatic ring is 1. The second-order valence-corrected chi connectivity index (χ2v) is 8.95. The monoisotopic (exact) mass is 471 g/mol. The molecule has 34 heavy (non-hydrogen) atoms. The molecule has 2 atom stereocenters. The van der Waals surface area contributed by atoms with Gasteiger partial charge in [0.15, 0.2) is 0 Å². The molecule has 5 rings (SSSR count). The van der Waals surface area contributed by atoms with E-state index in [2.05, 4.69) is 20.4 Å². The third-order valence-corrected chi connectivity index (χ3v) is 6.83. The van der Waals surface area contributed by atoms with Crippen molar-refractivity contribution in [3.05, 3.63) is 59.7 Å². The number of aryl methyl sites for hydroxylation is 1. The molecule has 2 aliphatic heterocycles. The van der Waals surface area contributed by atoms with Crippen LogP contribution in [0.4, 0.5) is 23.8 Å². The van der Waals surface area contributed by atoms with Gasteiger partial charge in [-0.05, 0) is 49.6 Å². The molecular weight excluding hydrogens is 447 g/mol. The average molecular weight is 471 g/mol. The van der Waals surface area contributed by atoms with Crippen molar-refractivity contribution < 1.29 is 18.0 Å². The molecule has 11 heteroatoms. The first-order chi connectivity index (χ1) is 16.2. The fourth-order valence-corrected chi connectivity index (χ4v) is 4.92. The van der Waals surface area contributed by atoms with Gasteiger partial charge in [-0.2, -0.15) is 18.3 Å². The van der Waals surface area contributed by atoms with E-state index in [9.17, 15) is 18.0 Å². The first-order valence-electron chi connectivity index (χ1n) is 11.0. The Labute approximate surface area is 194 Å². The van der Waals surface area contributed by atoms with Gasteiger partial charge in [0.05, 0.1) is 17.3 Å². The Balaban J connectivity index is 1.34. The van der Waals surface area contributed by atoms with Crippen LogP contribution in [0.25, 0.3) is 11.3 Å². The SMILES string of the molecule is C[C@H](NC(=O)N1CCC2(CCn3nc(-c4cnc(N)c(C(F)(F)F)c4)cc32)C1)c1ccncc1. The zero-order chi connectivity index (χ0) is 24.1. The molecule has 1 fully saturated rings. The number of nitrogens with one attached hydrogen (secondary N) is 1. The van der Waals surface area contributed by atoms with Crippen molar-refractivity contribution in [2.45, 2.75) is 43.9 Å². The molecule has 1 unspecified atom stereocenters. The van der Waals surface area contributed by atoms with E-state index in [1.807, 2.05) is 29.8 Å². The Kier molecular flexibility index (Phi) is 5.22. The van der Waals surface area contributed by atoms with Gasteiger partial charge in [0.25, 0.3) is 0 Å². The highest BCUT2D eigenvalue weighted by Crippen LogP contribution is 2.44. The number of carbonyl (C=O) groups excluding carboxylic acids is 1. The quantitative estimate of drug-likeness (QED) is 0.606. The summed E-state index contributed by atoms with van der Waals surface area (Å²) in [4.78, 5) is 22.4. The summed E-state index contributed by atoms with van der Waals surface area (Å²) in [5.41, 5.74) is 6.78. The van der Waals surface area contributed by atoms with Crippen LogP contribution in [0.5, 0.6) is 0 Å². The largest absolute Gasteiger partial charge is 0.419 e. The van der Waals surface area contributed by atoms with Gasteiger partial charge in [-0.3, -0.25) is 9.67 Å². The summed E-state index contributed by atoms with van der Waals surface area (Å²) in [6, 6.07) is 6.24. The lowest BCUT2D eigenvalue weighted by molar-refractivity contribution is -0.137. The van der Waals surface area contributed by atoms with Gasteiger partial charge in [0, 0.05) is 54.9 Å². The van der Waals surface area contributed by atoms with E-state index in [0.29, 0.717) is 25.3 Å². The molecule has 0 saturated carbocycles. The van der Waals surface area contributed by atoms with Crippen molar-refractivity contribution in [3.8, 4) is 11.3 Å². The molecule has 3 aromatic rings. The maximum atomic E-state index is 13.3. The van der Waals surface area contributed by atoms with E-state index < -0.39 is 17.6 Å². The van der Waals surface area contributed by atoms with Gasteiger partial charge in [-0.15, -0.1) is 0 Å². The minimum absolute atomic E-state index is 0.142. The van der Waals surface area contributed by atoms with Crippen LogP contribution in [0.1, 0.15) is 42.6 Å². The molecule has 2 amide bonds. The Hall–Kier alpha value is -3.63. The summed E-state index contributed by atoms with van der Waals surface area (Å²) in [6.07, 6.45) is 1.69. The summed E-state index contributed by atoms with van der Waals surface area (Å²) in [7, 11) is 0. The number of halogens is 3. The van der Waals surface area contributed by atoms with Crippen molar-refractivity contribution >= 4 is 11.8 Å². The van der Waals surface area contributed by atoms with Crippen LogP contribution in [-0.2, 0) is 18.1 Å². The molecule has 0 bridgehead atoms. The summed E-state index contributed by atoms with van der Waals surface area (Å²) >= 11 is 0. The molecule has 0 aliphatic carbocycles. The van der Waals surface area contributed by atoms with E-state index in [0.717, 1.165) is 30.2 Å². The summed E-state index contributed by atoms with van der Waals surface area (Å²) in [6.45, 7) is 3.69. The van der Waals surface area contributed by atoms with Crippen molar-refractivity contribution in [3.63, 3.8) is 0 Å². The molecular formula is C23H24F3N7O. The predicted molar refractivity (Wildman–Crippen MR) is 119 cm³/mol. The highest BCUT2D eigenvalue weighted by molar-refractivity contribution is 5.75. The van der Waals surface area contributed by atoms with Crippen LogP contribution in [-0.4, -0.2) is 43.8 Å². The number of likely N-dealkylation sites (tertiary alicyclic amines) is 1. The number of urea groups is 1. The van der Waals surface area contributed by atoms with Crippen LogP contribution < -0.4 is 11.1 Å². The molecule has 1 saturated heterocycles. The molecule has 3 N–H and O–H groups in total. The van der Waals surface area contributed by atoms with Gasteiger partial charge in [-0.25, -0.2) is 9.78 Å². The van der Waals surface area contributed by atoms with Crippen LogP contribution >= 0.6 is 0 Å². The second-order valence-electron chi connectivity index (χ2n) is 8.95. The molecule has 0 radical (unpaired) electrons. The fraction of sp³-hybridized carbons (Fsp3) is 0.391. The Bertz CT molecular complexity index is 1230. The van der Waals surface area contributed by atoms with E-state index >= 15 is 0 Å². The standard InChI is InChI=1S/C23H24F3N7O/c1-14(15-2-6-28-7-3-15)30-21(34)32-8-4-22(13-32)5-9-33-19(22)11-18(31-33)16-10-17(23(24,25)26)20(27)29-12-16/h2-3,6-7,10-12,14H,4-5,8-9,13H2,1H3,(H2,27,29)(H,30,34)/t14-,22?/m0/s1. The molecule has 3 aromatic heterocycles. The number of hydrogen-bond acceptors (Lipinski definition) is 5. The molecule has 0 aromatic carbocycles. The number of nitrogens with two attached hydrogens (primary N) is 1. The predicted octanol–water partition coefficient (Wildman–Crippen LogP) is 3.76. The number of fused-ring (bicyclic) bond motifs is 2. The number of nitrogens with zero attached hydrogens (tertiary/aromatic N) is 5. The van der Waals surface area contributed by atoms with Crippen LogP contribution in [0.2, 0.25) is 0 Å². The fourth-order valence-electron chi connectivity index (χ4n) is 4.92. The van der Waals surface area contributed by atoms with Crippen LogP contribution in [0, 0.1) is 0 Å². The number of hydrogen-bond donors (Lipinski definition) is 2. The maximum absolute atomic E-state index is 13.3. The van der Waals surface area contributed by atoms with Crippen molar-refractivity contribution in [2.24, 2.45) is 0 Å². The van der Waals surface area contributed by atoms with Gasteiger partial charge in [-0.1, -0.05) is 0 Å². The zero-order valence-corrected chi connectivity index (χ0v) is 18.5. The van der Waals surface area contributed by atoms with Crippen LogP contribution in [0.3, 0.4) is 0 Å². The van der Waals surface area contributed by atoms with Crippen molar-refractivity contribution in [2.75, 3.05) is 18.8 Å². The van der Waals surface area contributed by atoms with E-state index in [1.54, 1.807) is 17.3 Å². The summed E-state index contributed by atoms with van der Waals surface area (Å²) in [5, 5.41) is 7.57. The molecule has 8 nitrogen and oxygen atoms in total. The van der Waals surface area contributed by atoms with E-state index in [4.69, 9.17) is 5.73 Å². The van der Waals surface area contributed by atoms with Crippen LogP contribution in [0.15, 0.2) is 42.9 Å². The Morgan fingerprint density at radius 1 is 1.21 bits per heavy atom.